The molecule has 0 saturated carbocycles. The summed E-state index contributed by atoms with van der Waals surface area (Å²) in [4.78, 5) is 10.9. The van der Waals surface area contributed by atoms with Gasteiger partial charge in [-0.1, -0.05) is 38.1 Å². The first kappa shape index (κ1) is 12.5. The number of hydrogen-bond acceptors (Lipinski definition) is 2. The van der Waals surface area contributed by atoms with Crippen LogP contribution in [-0.4, -0.2) is 13.1 Å². The van der Waals surface area contributed by atoms with Crippen LogP contribution in [0, 0.1) is 0 Å². The van der Waals surface area contributed by atoms with E-state index in [-0.39, 0.29) is 5.97 Å². The van der Waals surface area contributed by atoms with Crippen LogP contribution in [0.2, 0.25) is 0 Å². The molecule has 16 heavy (non-hydrogen) atoms. The van der Waals surface area contributed by atoms with Gasteiger partial charge in [0.05, 0.1) is 7.11 Å². The molecule has 2 nitrogen and oxygen atoms in total. The maximum atomic E-state index is 10.9. The summed E-state index contributed by atoms with van der Waals surface area (Å²) in [6.45, 7) is 4.38. The number of carbonyl (C=O) groups is 1. The van der Waals surface area contributed by atoms with Crippen LogP contribution in [0.25, 0.3) is 6.08 Å². The molecule has 0 saturated heterocycles. The maximum Gasteiger partial charge on any atom is 0.330 e. The number of esters is 1. The zero-order valence-corrected chi connectivity index (χ0v) is 10.1. The van der Waals surface area contributed by atoms with Gasteiger partial charge in [0.15, 0.2) is 0 Å². The highest BCUT2D eigenvalue weighted by molar-refractivity contribution is 5.86. The number of benzene rings is 1. The van der Waals surface area contributed by atoms with E-state index in [1.807, 2.05) is 12.1 Å². The highest BCUT2D eigenvalue weighted by atomic mass is 16.5. The van der Waals surface area contributed by atoms with Crippen molar-refractivity contribution in [2.75, 3.05) is 7.11 Å². The average Bonchev–Trinajstić information content (AvgIpc) is 2.35. The molecule has 0 bridgehead atoms. The molecule has 0 fully saturated rings. The van der Waals surface area contributed by atoms with E-state index >= 15 is 0 Å². The van der Waals surface area contributed by atoms with Crippen LogP contribution < -0.4 is 0 Å². The molecular weight excluding hydrogens is 200 g/mol. The Hall–Kier alpha value is -1.57. The molecule has 1 aromatic rings. The van der Waals surface area contributed by atoms with Crippen molar-refractivity contribution >= 4 is 12.0 Å². The van der Waals surface area contributed by atoms with Gasteiger partial charge in [0.1, 0.15) is 0 Å². The summed E-state index contributed by atoms with van der Waals surface area (Å²) in [6, 6.07) is 8.23. The van der Waals surface area contributed by atoms with E-state index in [4.69, 9.17) is 0 Å². The first-order valence-electron chi connectivity index (χ1n) is 5.53. The molecule has 1 rings (SSSR count). The molecular formula is C14H18O2. The van der Waals surface area contributed by atoms with Crippen LogP contribution in [0.5, 0.6) is 0 Å². The van der Waals surface area contributed by atoms with Gasteiger partial charge in [-0.2, -0.15) is 0 Å². The molecule has 86 valence electrons. The second-order valence-corrected chi connectivity index (χ2v) is 3.83. The number of rotatable bonds is 4. The number of carbonyl (C=O) groups excluding carboxylic acids is 1. The lowest BCUT2D eigenvalue weighted by Crippen LogP contribution is -1.93. The monoisotopic (exact) mass is 218 g/mol. The van der Waals surface area contributed by atoms with E-state index in [1.54, 1.807) is 6.08 Å². The second-order valence-electron chi connectivity index (χ2n) is 3.83. The normalized spacial score (nSPS) is 12.7. The topological polar surface area (TPSA) is 26.3 Å². The third kappa shape index (κ3) is 3.54. The van der Waals surface area contributed by atoms with E-state index in [0.717, 1.165) is 12.0 Å². The maximum absolute atomic E-state index is 10.9. The van der Waals surface area contributed by atoms with Gasteiger partial charge in [-0.3, -0.25) is 0 Å². The van der Waals surface area contributed by atoms with Gasteiger partial charge in [0, 0.05) is 6.08 Å². The Morgan fingerprint density at radius 2 is 2.00 bits per heavy atom. The summed E-state index contributed by atoms with van der Waals surface area (Å²) in [5, 5.41) is 0. The lowest BCUT2D eigenvalue weighted by Gasteiger charge is -2.08. The molecule has 0 radical (unpaired) electrons. The molecule has 0 aromatic heterocycles. The van der Waals surface area contributed by atoms with Crippen molar-refractivity contribution in [3.05, 3.63) is 41.5 Å². The minimum absolute atomic E-state index is 0.328. The van der Waals surface area contributed by atoms with Crippen molar-refractivity contribution in [2.24, 2.45) is 0 Å². The Bertz CT molecular complexity index is 363. The van der Waals surface area contributed by atoms with Crippen LogP contribution in [-0.2, 0) is 9.53 Å². The predicted octanol–water partition coefficient (Wildman–Crippen LogP) is 3.39. The predicted molar refractivity (Wildman–Crippen MR) is 66.2 cm³/mol. The zero-order valence-electron chi connectivity index (χ0n) is 10.1. The summed E-state index contributed by atoms with van der Waals surface area (Å²) in [7, 11) is 1.37. The minimum atomic E-state index is -0.328. The lowest BCUT2D eigenvalue weighted by atomic mass is 9.97. The molecule has 0 aliphatic heterocycles. The van der Waals surface area contributed by atoms with E-state index in [1.165, 1.54) is 18.7 Å². The standard InChI is InChI=1S/C14H18O2/c1-4-11(2)13-8-5-12(6-9-13)7-10-14(15)16-3/h5-11H,4H2,1-3H3. The van der Waals surface area contributed by atoms with Gasteiger partial charge in [0.25, 0.3) is 0 Å². The Labute approximate surface area is 96.9 Å². The van der Waals surface area contributed by atoms with Gasteiger partial charge in [-0.05, 0) is 29.5 Å². The van der Waals surface area contributed by atoms with E-state index in [2.05, 4.69) is 30.7 Å². The van der Waals surface area contributed by atoms with Crippen molar-refractivity contribution in [1.82, 2.24) is 0 Å². The van der Waals surface area contributed by atoms with Gasteiger partial charge in [-0.25, -0.2) is 4.79 Å². The van der Waals surface area contributed by atoms with Crippen LogP contribution in [0.3, 0.4) is 0 Å². The second kappa shape index (κ2) is 6.11. The quantitative estimate of drug-likeness (QED) is 0.572. The summed E-state index contributed by atoms with van der Waals surface area (Å²) < 4.78 is 4.53. The Balaban J connectivity index is 2.72. The molecule has 0 aliphatic rings. The number of ether oxygens (including phenoxy) is 1. The van der Waals surface area contributed by atoms with Crippen LogP contribution in [0.15, 0.2) is 30.3 Å². The summed E-state index contributed by atoms with van der Waals surface area (Å²) in [6.07, 6.45) is 4.32. The molecule has 0 amide bonds. The molecule has 0 spiro atoms. The summed E-state index contributed by atoms with van der Waals surface area (Å²) in [5.41, 5.74) is 2.34. The van der Waals surface area contributed by atoms with Crippen LogP contribution in [0.1, 0.15) is 37.3 Å². The van der Waals surface area contributed by atoms with Gasteiger partial charge >= 0.3 is 5.97 Å². The SMILES string of the molecule is CCC(C)c1ccc(C=CC(=O)OC)cc1. The first-order chi connectivity index (χ1) is 7.67. The average molecular weight is 218 g/mol. The third-order valence-corrected chi connectivity index (χ3v) is 2.73. The highest BCUT2D eigenvalue weighted by Gasteiger charge is 2.01. The minimum Gasteiger partial charge on any atom is -0.466 e. The first-order valence-corrected chi connectivity index (χ1v) is 5.53. The van der Waals surface area contributed by atoms with Gasteiger partial charge < -0.3 is 4.74 Å². The van der Waals surface area contributed by atoms with Gasteiger partial charge in [-0.15, -0.1) is 0 Å². The van der Waals surface area contributed by atoms with Crippen molar-refractivity contribution in [3.8, 4) is 0 Å². The Kier molecular flexibility index (Phi) is 4.77. The molecule has 0 N–H and O–H groups in total. The van der Waals surface area contributed by atoms with Crippen molar-refractivity contribution in [3.63, 3.8) is 0 Å². The largest absolute Gasteiger partial charge is 0.466 e. The zero-order chi connectivity index (χ0) is 12.0. The van der Waals surface area contributed by atoms with Crippen molar-refractivity contribution in [1.29, 1.82) is 0 Å². The fourth-order valence-electron chi connectivity index (χ4n) is 1.40. The van der Waals surface area contributed by atoms with Crippen LogP contribution >= 0.6 is 0 Å². The molecule has 0 heterocycles. The Morgan fingerprint density at radius 1 is 1.38 bits per heavy atom. The third-order valence-electron chi connectivity index (χ3n) is 2.73. The molecule has 0 aliphatic carbocycles. The molecule has 1 unspecified atom stereocenters. The van der Waals surface area contributed by atoms with E-state index in [9.17, 15) is 4.79 Å². The highest BCUT2D eigenvalue weighted by Crippen LogP contribution is 2.19. The fraction of sp³-hybridized carbons (Fsp3) is 0.357. The van der Waals surface area contributed by atoms with Crippen molar-refractivity contribution in [2.45, 2.75) is 26.2 Å². The smallest absolute Gasteiger partial charge is 0.330 e. The molecule has 1 atom stereocenters. The summed E-state index contributed by atoms with van der Waals surface area (Å²) in [5.74, 6) is 0.254. The Morgan fingerprint density at radius 3 is 2.50 bits per heavy atom. The van der Waals surface area contributed by atoms with Gasteiger partial charge in [0.2, 0.25) is 0 Å². The fourth-order valence-corrected chi connectivity index (χ4v) is 1.40. The van der Waals surface area contributed by atoms with E-state index < -0.39 is 0 Å². The van der Waals surface area contributed by atoms with Crippen molar-refractivity contribution < 1.29 is 9.53 Å². The lowest BCUT2D eigenvalue weighted by molar-refractivity contribution is -0.134. The van der Waals surface area contributed by atoms with E-state index in [0.29, 0.717) is 5.92 Å². The van der Waals surface area contributed by atoms with Crippen LogP contribution in [0.4, 0.5) is 0 Å². The number of methoxy groups -OCH3 is 1. The number of hydrogen-bond donors (Lipinski definition) is 0. The molecule has 2 heteroatoms. The molecule has 1 aromatic carbocycles. The summed E-state index contributed by atoms with van der Waals surface area (Å²) >= 11 is 0.